The van der Waals surface area contributed by atoms with Crippen molar-refractivity contribution in [1.82, 2.24) is 4.90 Å². The topological polar surface area (TPSA) is 16.4 Å². The number of likely N-dealkylation sites (N-methyl/N-ethyl adjacent to an activating group) is 1. The highest BCUT2D eigenvalue weighted by Gasteiger charge is 2.23. The Morgan fingerprint density at radius 1 is 1.33 bits per heavy atom. The molecule has 1 saturated heterocycles. The average molecular weight is 201 g/mol. The lowest BCUT2D eigenvalue weighted by molar-refractivity contribution is 0.411. The van der Waals surface area contributed by atoms with E-state index in [0.717, 1.165) is 12.1 Å². The van der Waals surface area contributed by atoms with Crippen molar-refractivity contribution in [3.8, 4) is 0 Å². The van der Waals surface area contributed by atoms with Crippen LogP contribution in [0.5, 0.6) is 0 Å². The second-order valence-electron chi connectivity index (χ2n) is 4.44. The van der Waals surface area contributed by atoms with Gasteiger partial charge in [0.25, 0.3) is 0 Å². The molecule has 3 rings (SSSR count). The van der Waals surface area contributed by atoms with Crippen LogP contribution in [0.2, 0.25) is 0 Å². The minimum absolute atomic E-state index is 0.652. The summed E-state index contributed by atoms with van der Waals surface area (Å²) in [6, 6.07) is 8.31. The van der Waals surface area contributed by atoms with Crippen LogP contribution < -0.4 is 0 Å². The zero-order valence-corrected chi connectivity index (χ0v) is 8.94. The smallest absolute Gasteiger partial charge is 0.134 e. The van der Waals surface area contributed by atoms with Crippen LogP contribution in [0, 0.1) is 0 Å². The zero-order chi connectivity index (χ0) is 10.3. The third-order valence-electron chi connectivity index (χ3n) is 3.34. The normalized spacial score (nSPS) is 22.6. The molecule has 0 amide bonds. The maximum atomic E-state index is 5.58. The Morgan fingerprint density at radius 2 is 2.20 bits per heavy atom. The number of nitrogens with zero attached hydrogens (tertiary/aromatic N) is 1. The Morgan fingerprint density at radius 3 is 3.00 bits per heavy atom. The molecule has 2 heteroatoms. The van der Waals surface area contributed by atoms with Gasteiger partial charge in [-0.15, -0.1) is 0 Å². The van der Waals surface area contributed by atoms with Gasteiger partial charge in [-0.1, -0.05) is 18.2 Å². The molecule has 0 unspecified atom stereocenters. The number of furan rings is 1. The highest BCUT2D eigenvalue weighted by molar-refractivity contribution is 5.81. The average Bonchev–Trinajstić information content (AvgIpc) is 2.83. The molecular weight excluding hydrogens is 186 g/mol. The Kier molecular flexibility index (Phi) is 2.03. The van der Waals surface area contributed by atoms with Crippen molar-refractivity contribution in [3.05, 3.63) is 36.1 Å². The Balaban J connectivity index is 2.04. The van der Waals surface area contributed by atoms with Crippen molar-refractivity contribution in [2.75, 3.05) is 20.1 Å². The van der Waals surface area contributed by atoms with Gasteiger partial charge in [0.2, 0.25) is 0 Å². The van der Waals surface area contributed by atoms with Gasteiger partial charge in [0.05, 0.1) is 6.26 Å². The van der Waals surface area contributed by atoms with Crippen LogP contribution in [0.3, 0.4) is 0 Å². The van der Waals surface area contributed by atoms with Gasteiger partial charge in [-0.05, 0) is 26.1 Å². The number of hydrogen-bond acceptors (Lipinski definition) is 2. The first-order valence-corrected chi connectivity index (χ1v) is 5.49. The molecule has 1 atom stereocenters. The minimum atomic E-state index is 0.652. The Hall–Kier alpha value is -1.28. The second-order valence-corrected chi connectivity index (χ2v) is 4.44. The van der Waals surface area contributed by atoms with E-state index >= 15 is 0 Å². The van der Waals surface area contributed by atoms with E-state index in [1.54, 1.807) is 0 Å². The molecule has 0 bridgehead atoms. The molecule has 0 N–H and O–H groups in total. The molecule has 2 heterocycles. The summed E-state index contributed by atoms with van der Waals surface area (Å²) in [4.78, 5) is 2.38. The van der Waals surface area contributed by atoms with Gasteiger partial charge >= 0.3 is 0 Å². The number of hydrogen-bond donors (Lipinski definition) is 0. The van der Waals surface area contributed by atoms with Crippen LogP contribution >= 0.6 is 0 Å². The maximum absolute atomic E-state index is 5.58. The number of benzene rings is 1. The Labute approximate surface area is 89.5 Å². The molecule has 1 aliphatic heterocycles. The number of fused-ring (bicyclic) bond motifs is 1. The summed E-state index contributed by atoms with van der Waals surface area (Å²) in [6.07, 6.45) is 3.19. The van der Waals surface area contributed by atoms with Crippen LogP contribution in [-0.2, 0) is 0 Å². The first-order chi connectivity index (χ1) is 7.34. The molecule has 1 aliphatic rings. The predicted octanol–water partition coefficient (Wildman–Crippen LogP) is 2.85. The van der Waals surface area contributed by atoms with Crippen LogP contribution in [0.15, 0.2) is 34.9 Å². The quantitative estimate of drug-likeness (QED) is 0.705. The first-order valence-electron chi connectivity index (χ1n) is 5.49. The minimum Gasteiger partial charge on any atom is -0.464 e. The fourth-order valence-electron chi connectivity index (χ4n) is 2.50. The summed E-state index contributed by atoms with van der Waals surface area (Å²) in [6.45, 7) is 2.35. The molecule has 2 nitrogen and oxygen atoms in total. The van der Waals surface area contributed by atoms with Crippen LogP contribution in [-0.4, -0.2) is 25.0 Å². The van der Waals surface area contributed by atoms with E-state index in [1.165, 1.54) is 23.9 Å². The van der Waals surface area contributed by atoms with Crippen LogP contribution in [0.1, 0.15) is 17.9 Å². The van der Waals surface area contributed by atoms with Crippen molar-refractivity contribution in [3.63, 3.8) is 0 Å². The number of likely N-dealkylation sites (tertiary alicyclic amines) is 1. The summed E-state index contributed by atoms with van der Waals surface area (Å²) in [5.74, 6) is 0.652. The largest absolute Gasteiger partial charge is 0.464 e. The zero-order valence-electron chi connectivity index (χ0n) is 8.94. The van der Waals surface area contributed by atoms with Crippen LogP contribution in [0.25, 0.3) is 11.0 Å². The molecule has 2 aromatic rings. The van der Waals surface area contributed by atoms with Gasteiger partial charge in [0.15, 0.2) is 0 Å². The molecule has 0 aliphatic carbocycles. The van der Waals surface area contributed by atoms with E-state index in [-0.39, 0.29) is 0 Å². The van der Waals surface area contributed by atoms with Gasteiger partial charge in [-0.2, -0.15) is 0 Å². The highest BCUT2D eigenvalue weighted by atomic mass is 16.3. The SMILES string of the molecule is CN1CC[C@H](c2coc3ccccc23)C1. The molecule has 0 radical (unpaired) electrons. The maximum Gasteiger partial charge on any atom is 0.134 e. The lowest BCUT2D eigenvalue weighted by atomic mass is 9.98. The lowest BCUT2D eigenvalue weighted by Crippen LogP contribution is -2.13. The van der Waals surface area contributed by atoms with Crippen molar-refractivity contribution < 1.29 is 4.42 Å². The summed E-state index contributed by atoms with van der Waals surface area (Å²) >= 11 is 0. The number of para-hydroxylation sites is 1. The fourth-order valence-corrected chi connectivity index (χ4v) is 2.50. The fraction of sp³-hybridized carbons (Fsp3) is 0.385. The monoisotopic (exact) mass is 201 g/mol. The van der Waals surface area contributed by atoms with Crippen molar-refractivity contribution in [1.29, 1.82) is 0 Å². The third kappa shape index (κ3) is 1.45. The van der Waals surface area contributed by atoms with Gasteiger partial charge in [0.1, 0.15) is 5.58 Å². The highest BCUT2D eigenvalue weighted by Crippen LogP contribution is 2.32. The van der Waals surface area contributed by atoms with E-state index in [1.807, 2.05) is 18.4 Å². The van der Waals surface area contributed by atoms with Gasteiger partial charge in [0, 0.05) is 23.4 Å². The lowest BCUT2D eigenvalue weighted by Gasteiger charge is -2.08. The summed E-state index contributed by atoms with van der Waals surface area (Å²) in [5.41, 5.74) is 2.40. The van der Waals surface area contributed by atoms with Crippen molar-refractivity contribution >= 4 is 11.0 Å². The molecule has 78 valence electrons. The molecule has 0 spiro atoms. The van der Waals surface area contributed by atoms with Gasteiger partial charge in [-0.3, -0.25) is 0 Å². The summed E-state index contributed by atoms with van der Waals surface area (Å²) in [5, 5.41) is 1.29. The van der Waals surface area contributed by atoms with E-state index in [4.69, 9.17) is 4.42 Å². The van der Waals surface area contributed by atoms with Crippen molar-refractivity contribution in [2.45, 2.75) is 12.3 Å². The van der Waals surface area contributed by atoms with E-state index in [0.29, 0.717) is 5.92 Å². The Bertz CT molecular complexity index is 474. The standard InChI is InChI=1S/C13H15NO/c1-14-7-6-10(8-14)12-9-15-13-5-3-2-4-11(12)13/h2-5,9-10H,6-8H2,1H3/t10-/m0/s1. The van der Waals surface area contributed by atoms with E-state index in [2.05, 4.69) is 24.1 Å². The van der Waals surface area contributed by atoms with E-state index in [9.17, 15) is 0 Å². The number of rotatable bonds is 1. The molecule has 1 aromatic heterocycles. The molecule has 15 heavy (non-hydrogen) atoms. The predicted molar refractivity (Wildman–Crippen MR) is 61.1 cm³/mol. The van der Waals surface area contributed by atoms with Crippen molar-refractivity contribution in [2.24, 2.45) is 0 Å². The van der Waals surface area contributed by atoms with E-state index < -0.39 is 0 Å². The van der Waals surface area contributed by atoms with Gasteiger partial charge < -0.3 is 9.32 Å². The molecular formula is C13H15NO. The second kappa shape index (κ2) is 3.38. The molecule has 0 saturated carbocycles. The van der Waals surface area contributed by atoms with Gasteiger partial charge in [-0.25, -0.2) is 0 Å². The molecule has 1 fully saturated rings. The third-order valence-corrected chi connectivity index (χ3v) is 3.34. The summed E-state index contributed by atoms with van der Waals surface area (Å²) < 4.78 is 5.58. The first kappa shape index (κ1) is 8.98. The molecule has 1 aromatic carbocycles. The van der Waals surface area contributed by atoms with Crippen LogP contribution in [0.4, 0.5) is 0 Å². The summed E-state index contributed by atoms with van der Waals surface area (Å²) in [7, 11) is 2.18.